The standard InChI is InChI=1S/C8H10N2.C2H6/c1-7-5-3-4-6-8(7)10-9-2;1-2/h3-6H,1-2H3;1-2H3. The number of benzene rings is 1. The monoisotopic (exact) mass is 164 g/mol. The Bertz CT molecular complexity index is 241. The molecule has 0 aliphatic carbocycles. The minimum Gasteiger partial charge on any atom is -0.192 e. The fourth-order valence-corrected chi connectivity index (χ4v) is 0.783. The molecule has 0 heterocycles. The molecule has 0 bridgehead atoms. The smallest absolute Gasteiger partial charge is 0.0881 e. The van der Waals surface area contributed by atoms with Gasteiger partial charge in [-0.1, -0.05) is 32.0 Å². The van der Waals surface area contributed by atoms with E-state index in [4.69, 9.17) is 0 Å². The predicted molar refractivity (Wildman–Crippen MR) is 53.0 cm³/mol. The summed E-state index contributed by atoms with van der Waals surface area (Å²) in [5.74, 6) is 0. The van der Waals surface area contributed by atoms with Crippen LogP contribution < -0.4 is 0 Å². The Kier molecular flexibility index (Phi) is 5.88. The zero-order chi connectivity index (χ0) is 9.40. The summed E-state index contributed by atoms with van der Waals surface area (Å²) in [6.07, 6.45) is 0. The summed E-state index contributed by atoms with van der Waals surface area (Å²) < 4.78 is 0. The van der Waals surface area contributed by atoms with E-state index in [-0.39, 0.29) is 0 Å². The quantitative estimate of drug-likeness (QED) is 0.565. The molecule has 0 aliphatic heterocycles. The third-order valence-electron chi connectivity index (χ3n) is 1.32. The number of azo groups is 1. The van der Waals surface area contributed by atoms with E-state index in [2.05, 4.69) is 10.2 Å². The lowest BCUT2D eigenvalue weighted by Crippen LogP contribution is -1.69. The Morgan fingerprint density at radius 3 is 2.17 bits per heavy atom. The van der Waals surface area contributed by atoms with E-state index in [1.807, 2.05) is 45.0 Å². The zero-order valence-electron chi connectivity index (χ0n) is 8.20. The molecule has 0 aromatic heterocycles. The van der Waals surface area contributed by atoms with Gasteiger partial charge in [-0.25, -0.2) is 0 Å². The van der Waals surface area contributed by atoms with E-state index in [1.165, 1.54) is 0 Å². The molecule has 0 N–H and O–H groups in total. The summed E-state index contributed by atoms with van der Waals surface area (Å²) in [7, 11) is 1.67. The molecule has 0 saturated carbocycles. The van der Waals surface area contributed by atoms with Gasteiger partial charge < -0.3 is 0 Å². The fraction of sp³-hybridized carbons (Fsp3) is 0.400. The Labute approximate surface area is 74.3 Å². The summed E-state index contributed by atoms with van der Waals surface area (Å²) in [5, 5.41) is 7.62. The topological polar surface area (TPSA) is 24.7 Å². The Hall–Kier alpha value is -1.18. The van der Waals surface area contributed by atoms with E-state index >= 15 is 0 Å². The first-order valence-electron chi connectivity index (χ1n) is 4.20. The second-order valence-electron chi connectivity index (χ2n) is 2.09. The number of nitrogens with zero attached hydrogens (tertiary/aromatic N) is 2. The number of hydrogen-bond donors (Lipinski definition) is 0. The lowest BCUT2D eigenvalue weighted by molar-refractivity contribution is 1.15. The van der Waals surface area contributed by atoms with Crippen LogP contribution in [0, 0.1) is 6.92 Å². The van der Waals surface area contributed by atoms with Crippen LogP contribution in [0.1, 0.15) is 19.4 Å². The van der Waals surface area contributed by atoms with Gasteiger partial charge >= 0.3 is 0 Å². The molecule has 0 aliphatic rings. The Morgan fingerprint density at radius 2 is 1.67 bits per heavy atom. The van der Waals surface area contributed by atoms with Crippen molar-refractivity contribution in [2.75, 3.05) is 7.05 Å². The average molecular weight is 164 g/mol. The maximum Gasteiger partial charge on any atom is 0.0881 e. The molecule has 1 rings (SSSR count). The summed E-state index contributed by atoms with van der Waals surface area (Å²) in [5.41, 5.74) is 2.11. The van der Waals surface area contributed by atoms with Gasteiger partial charge in [0.15, 0.2) is 0 Å². The van der Waals surface area contributed by atoms with Gasteiger partial charge in [0.2, 0.25) is 0 Å². The number of rotatable bonds is 1. The van der Waals surface area contributed by atoms with Crippen molar-refractivity contribution in [3.05, 3.63) is 29.8 Å². The lowest BCUT2D eigenvalue weighted by Gasteiger charge is -1.94. The first-order chi connectivity index (χ1) is 5.84. The van der Waals surface area contributed by atoms with Gasteiger partial charge in [0.05, 0.1) is 5.69 Å². The molecule has 2 nitrogen and oxygen atoms in total. The number of aryl methyl sites for hydroxylation is 1. The fourth-order valence-electron chi connectivity index (χ4n) is 0.783. The van der Waals surface area contributed by atoms with Gasteiger partial charge in [0.1, 0.15) is 0 Å². The molecular weight excluding hydrogens is 148 g/mol. The van der Waals surface area contributed by atoms with Crippen molar-refractivity contribution in [2.24, 2.45) is 10.2 Å². The maximum atomic E-state index is 3.93. The highest BCUT2D eigenvalue weighted by Crippen LogP contribution is 2.16. The van der Waals surface area contributed by atoms with E-state index in [9.17, 15) is 0 Å². The van der Waals surface area contributed by atoms with Gasteiger partial charge in [-0.15, -0.1) is 0 Å². The second-order valence-corrected chi connectivity index (χ2v) is 2.09. The molecule has 0 spiro atoms. The van der Waals surface area contributed by atoms with Crippen LogP contribution in [0.15, 0.2) is 34.5 Å². The van der Waals surface area contributed by atoms with Crippen molar-refractivity contribution in [2.45, 2.75) is 20.8 Å². The minimum atomic E-state index is 0.949. The Balaban J connectivity index is 0.000000561. The van der Waals surface area contributed by atoms with Crippen LogP contribution in [0.2, 0.25) is 0 Å². The molecule has 0 unspecified atom stereocenters. The second kappa shape index (κ2) is 6.53. The summed E-state index contributed by atoms with van der Waals surface area (Å²) >= 11 is 0. The normalized spacial score (nSPS) is 9.33. The highest BCUT2D eigenvalue weighted by molar-refractivity contribution is 5.43. The van der Waals surface area contributed by atoms with Crippen molar-refractivity contribution < 1.29 is 0 Å². The molecule has 0 atom stereocenters. The van der Waals surface area contributed by atoms with Gasteiger partial charge in [-0.3, -0.25) is 0 Å². The summed E-state index contributed by atoms with van der Waals surface area (Å²) in [4.78, 5) is 0. The maximum absolute atomic E-state index is 3.93. The van der Waals surface area contributed by atoms with E-state index in [0.717, 1.165) is 11.3 Å². The highest BCUT2D eigenvalue weighted by atomic mass is 15.1. The van der Waals surface area contributed by atoms with E-state index in [0.29, 0.717) is 0 Å². The Morgan fingerprint density at radius 1 is 1.08 bits per heavy atom. The molecule has 1 aromatic rings. The van der Waals surface area contributed by atoms with E-state index < -0.39 is 0 Å². The minimum absolute atomic E-state index is 0.949. The lowest BCUT2D eigenvalue weighted by atomic mass is 10.2. The molecule has 0 fully saturated rings. The van der Waals surface area contributed by atoms with Crippen molar-refractivity contribution in [1.82, 2.24) is 0 Å². The SMILES string of the molecule is CC.CN=Nc1ccccc1C. The molecule has 12 heavy (non-hydrogen) atoms. The highest BCUT2D eigenvalue weighted by Gasteiger charge is 1.90. The van der Waals surface area contributed by atoms with Crippen LogP contribution >= 0.6 is 0 Å². The van der Waals surface area contributed by atoms with Gasteiger partial charge in [-0.2, -0.15) is 10.2 Å². The predicted octanol–water partition coefficient (Wildman–Crippen LogP) is 3.73. The number of hydrogen-bond acceptors (Lipinski definition) is 2. The molecule has 0 saturated heterocycles. The van der Waals surface area contributed by atoms with Crippen molar-refractivity contribution in [3.63, 3.8) is 0 Å². The molecule has 0 amide bonds. The van der Waals surface area contributed by atoms with Crippen LogP contribution in [0.5, 0.6) is 0 Å². The molecule has 1 aromatic carbocycles. The first-order valence-corrected chi connectivity index (χ1v) is 4.20. The molecule has 66 valence electrons. The van der Waals surface area contributed by atoms with Crippen LogP contribution in [0.25, 0.3) is 0 Å². The van der Waals surface area contributed by atoms with Gasteiger partial charge in [0.25, 0.3) is 0 Å². The summed E-state index contributed by atoms with van der Waals surface area (Å²) in [6, 6.07) is 7.91. The zero-order valence-corrected chi connectivity index (χ0v) is 8.20. The van der Waals surface area contributed by atoms with Crippen molar-refractivity contribution in [1.29, 1.82) is 0 Å². The van der Waals surface area contributed by atoms with Crippen LogP contribution in [-0.2, 0) is 0 Å². The third kappa shape index (κ3) is 3.28. The van der Waals surface area contributed by atoms with Crippen LogP contribution in [0.4, 0.5) is 5.69 Å². The van der Waals surface area contributed by atoms with Crippen molar-refractivity contribution in [3.8, 4) is 0 Å². The molecule has 0 radical (unpaired) electrons. The molecule has 2 heteroatoms. The van der Waals surface area contributed by atoms with Gasteiger partial charge in [-0.05, 0) is 18.6 Å². The third-order valence-corrected chi connectivity index (χ3v) is 1.32. The molecular formula is C10H16N2. The van der Waals surface area contributed by atoms with Crippen molar-refractivity contribution >= 4 is 5.69 Å². The van der Waals surface area contributed by atoms with E-state index in [1.54, 1.807) is 7.05 Å². The largest absolute Gasteiger partial charge is 0.192 e. The van der Waals surface area contributed by atoms with Crippen LogP contribution in [-0.4, -0.2) is 7.05 Å². The van der Waals surface area contributed by atoms with Gasteiger partial charge in [0, 0.05) is 7.05 Å². The average Bonchev–Trinajstić information content (AvgIpc) is 2.13. The van der Waals surface area contributed by atoms with Crippen LogP contribution in [0.3, 0.4) is 0 Å². The first kappa shape index (κ1) is 10.8. The summed E-state index contributed by atoms with van der Waals surface area (Å²) in [6.45, 7) is 6.02.